The number of piperazine rings is 1. The molecule has 230 valence electrons. The van der Waals surface area contributed by atoms with Crippen LogP contribution in [0.5, 0.6) is 5.88 Å². The van der Waals surface area contributed by atoms with Gasteiger partial charge in [-0.05, 0) is 24.3 Å². The number of anilines is 1. The Morgan fingerprint density at radius 2 is 1.84 bits per heavy atom. The first-order valence-electron chi connectivity index (χ1n) is 12.7. The van der Waals surface area contributed by atoms with E-state index >= 15 is 0 Å². The van der Waals surface area contributed by atoms with Crippen LogP contribution in [0.1, 0.15) is 15.9 Å². The lowest BCUT2D eigenvalue weighted by atomic mass is 10.1. The highest BCUT2D eigenvalue weighted by molar-refractivity contribution is 7.85. The quantitative estimate of drug-likeness (QED) is 0.185. The fourth-order valence-corrected chi connectivity index (χ4v) is 5.24. The molecule has 43 heavy (non-hydrogen) atoms. The molecule has 17 heteroatoms. The van der Waals surface area contributed by atoms with Gasteiger partial charge in [0.25, 0.3) is 21.9 Å². The van der Waals surface area contributed by atoms with Crippen molar-refractivity contribution in [3.8, 4) is 17.1 Å². The van der Waals surface area contributed by atoms with Crippen molar-refractivity contribution >= 4 is 39.4 Å². The summed E-state index contributed by atoms with van der Waals surface area (Å²) in [6, 6.07) is 7.85. The number of carbonyl (C=O) groups is 2. The van der Waals surface area contributed by atoms with Gasteiger partial charge in [-0.25, -0.2) is 18.7 Å². The highest BCUT2D eigenvalue weighted by Gasteiger charge is 2.30. The molecule has 5 N–H and O–H groups in total. The van der Waals surface area contributed by atoms with Gasteiger partial charge < -0.3 is 25.8 Å². The number of rotatable bonds is 10. The summed E-state index contributed by atoms with van der Waals surface area (Å²) in [5.41, 5.74) is 6.33. The molecule has 1 fully saturated rings. The van der Waals surface area contributed by atoms with E-state index in [0.29, 0.717) is 5.56 Å². The fourth-order valence-electron chi connectivity index (χ4n) is 4.34. The summed E-state index contributed by atoms with van der Waals surface area (Å²) in [6.45, 7) is -0.421. The maximum absolute atomic E-state index is 14.2. The molecule has 1 atom stereocenters. The number of ether oxygens (including phenoxy) is 1. The predicted octanol–water partition coefficient (Wildman–Crippen LogP) is 1.32. The van der Waals surface area contributed by atoms with Gasteiger partial charge in [-0.15, -0.1) is 0 Å². The number of nitrogens with two attached hydrogens (primary N) is 1. The summed E-state index contributed by atoms with van der Waals surface area (Å²) in [5, 5.41) is 11.2. The highest BCUT2D eigenvalue weighted by Crippen LogP contribution is 2.27. The number of aliphatic hydroxyl groups excluding tert-OH is 1. The maximum atomic E-state index is 14.2. The van der Waals surface area contributed by atoms with Crippen molar-refractivity contribution in [3.05, 3.63) is 70.4 Å². The Morgan fingerprint density at radius 1 is 1.14 bits per heavy atom. The second kappa shape index (κ2) is 13.6. The van der Waals surface area contributed by atoms with E-state index in [1.165, 1.54) is 23.2 Å². The second-order valence-corrected chi connectivity index (χ2v) is 11.3. The molecule has 2 heterocycles. The van der Waals surface area contributed by atoms with Crippen molar-refractivity contribution in [2.24, 2.45) is 0 Å². The average Bonchev–Trinajstić information content (AvgIpc) is 2.98. The molecule has 4 rings (SSSR count). The van der Waals surface area contributed by atoms with Crippen molar-refractivity contribution in [2.45, 2.75) is 12.8 Å². The Morgan fingerprint density at radius 3 is 2.51 bits per heavy atom. The molecule has 1 aliphatic rings. The molecule has 13 nitrogen and oxygen atoms in total. The Hall–Kier alpha value is -3.96. The summed E-state index contributed by atoms with van der Waals surface area (Å²) >= 11 is 5.85. The van der Waals surface area contributed by atoms with Crippen LogP contribution in [0.4, 0.5) is 14.6 Å². The zero-order chi connectivity index (χ0) is 31.3. The molecule has 1 aromatic heterocycles. The van der Waals surface area contributed by atoms with Crippen molar-refractivity contribution in [1.82, 2.24) is 25.1 Å². The molecular weight excluding hydrogens is 614 g/mol. The Balaban J connectivity index is 1.51. The van der Waals surface area contributed by atoms with E-state index in [-0.39, 0.29) is 54.7 Å². The average molecular weight is 641 g/mol. The molecule has 0 aliphatic carbocycles. The lowest BCUT2D eigenvalue weighted by Crippen LogP contribution is -2.59. The molecule has 1 saturated heterocycles. The highest BCUT2D eigenvalue weighted by atomic mass is 35.5. The normalized spacial score (nSPS) is 14.8. The summed E-state index contributed by atoms with van der Waals surface area (Å²) in [4.78, 5) is 36.2. The number of amides is 2. The monoisotopic (exact) mass is 640 g/mol. The SMILES string of the molecule is Nc1ncc(-c2cccc(C(=O)NC(CS(=O)(=O)O)N3CCN(C(=O)CO)CC3)c2)nc1OCc1c(F)ccc(F)c1Cl. The number of carbonyl (C=O) groups excluding carboxylic acids is 2. The number of halogens is 3. The minimum Gasteiger partial charge on any atom is -0.470 e. The van der Waals surface area contributed by atoms with E-state index in [0.717, 1.165) is 12.1 Å². The van der Waals surface area contributed by atoms with Crippen LogP contribution >= 0.6 is 11.6 Å². The van der Waals surface area contributed by atoms with Crippen LogP contribution in [0, 0.1) is 11.6 Å². The lowest BCUT2D eigenvalue weighted by Gasteiger charge is -2.38. The van der Waals surface area contributed by atoms with Crippen LogP contribution in [-0.2, 0) is 21.5 Å². The van der Waals surface area contributed by atoms with Gasteiger partial charge in [0.05, 0.1) is 23.1 Å². The van der Waals surface area contributed by atoms with Crippen LogP contribution in [0.2, 0.25) is 5.02 Å². The van der Waals surface area contributed by atoms with Gasteiger partial charge in [0.2, 0.25) is 5.91 Å². The van der Waals surface area contributed by atoms with E-state index in [9.17, 15) is 31.3 Å². The number of nitrogen functional groups attached to an aromatic ring is 1. The number of hydrogen-bond donors (Lipinski definition) is 4. The summed E-state index contributed by atoms with van der Waals surface area (Å²) < 4.78 is 66.3. The van der Waals surface area contributed by atoms with E-state index in [1.54, 1.807) is 17.0 Å². The van der Waals surface area contributed by atoms with Gasteiger partial charge in [-0.1, -0.05) is 23.7 Å². The third-order valence-corrected chi connectivity index (χ3v) is 7.73. The van der Waals surface area contributed by atoms with Crippen molar-refractivity contribution < 1.29 is 41.2 Å². The van der Waals surface area contributed by atoms with Crippen LogP contribution in [-0.4, -0.2) is 94.4 Å². The molecule has 2 aromatic carbocycles. The van der Waals surface area contributed by atoms with E-state index < -0.39 is 63.7 Å². The number of benzene rings is 2. The molecule has 2 amide bonds. The minimum atomic E-state index is -4.50. The Bertz CT molecular complexity index is 1620. The second-order valence-electron chi connectivity index (χ2n) is 9.45. The molecular formula is C26H27ClF2N6O7S. The van der Waals surface area contributed by atoms with E-state index in [2.05, 4.69) is 15.3 Å². The largest absolute Gasteiger partial charge is 0.470 e. The van der Waals surface area contributed by atoms with Gasteiger partial charge >= 0.3 is 0 Å². The standard InChI is InChI=1S/C26H27ClF2N6O7S/c27-23-17(18(28)4-5-19(23)29)13-42-26-24(30)31-11-20(32-26)15-2-1-3-16(10-15)25(38)33-21(14-43(39,40)41)34-6-8-35(9-7-34)22(37)12-36/h1-5,10-11,21,36H,6-9,12-14H2,(H2,30,31)(H,33,38)(H,39,40,41). The van der Waals surface area contributed by atoms with Crippen molar-refractivity contribution in [1.29, 1.82) is 0 Å². The zero-order valence-electron chi connectivity index (χ0n) is 22.4. The molecule has 1 aliphatic heterocycles. The van der Waals surface area contributed by atoms with Crippen LogP contribution < -0.4 is 15.8 Å². The summed E-state index contributed by atoms with van der Waals surface area (Å²) in [6.07, 6.45) is 0.187. The number of nitrogens with one attached hydrogen (secondary N) is 1. The molecule has 0 radical (unpaired) electrons. The van der Waals surface area contributed by atoms with Crippen molar-refractivity contribution in [3.63, 3.8) is 0 Å². The topological polar surface area (TPSA) is 188 Å². The van der Waals surface area contributed by atoms with Crippen molar-refractivity contribution in [2.75, 3.05) is 44.3 Å². The molecule has 0 bridgehead atoms. The lowest BCUT2D eigenvalue weighted by molar-refractivity contribution is -0.136. The van der Waals surface area contributed by atoms with E-state index in [1.807, 2.05) is 0 Å². The number of aliphatic hydroxyl groups is 1. The minimum absolute atomic E-state index is 0.113. The van der Waals surface area contributed by atoms with Gasteiger partial charge in [0.15, 0.2) is 5.82 Å². The molecule has 0 spiro atoms. The predicted molar refractivity (Wildman–Crippen MR) is 150 cm³/mol. The number of aromatic nitrogens is 2. The summed E-state index contributed by atoms with van der Waals surface area (Å²) in [7, 11) is -4.50. The van der Waals surface area contributed by atoms with E-state index in [4.69, 9.17) is 27.2 Å². The third-order valence-electron chi connectivity index (χ3n) is 6.59. The van der Waals surface area contributed by atoms with Crippen LogP contribution in [0.25, 0.3) is 11.3 Å². The fraction of sp³-hybridized carbons (Fsp3) is 0.308. The Labute approximate surface area is 250 Å². The molecule has 1 unspecified atom stereocenters. The zero-order valence-corrected chi connectivity index (χ0v) is 24.0. The molecule has 0 saturated carbocycles. The number of nitrogens with zero attached hydrogens (tertiary/aromatic N) is 4. The third kappa shape index (κ3) is 8.11. The maximum Gasteiger partial charge on any atom is 0.268 e. The smallest absolute Gasteiger partial charge is 0.268 e. The van der Waals surface area contributed by atoms with Gasteiger partial charge in [0, 0.05) is 42.9 Å². The van der Waals surface area contributed by atoms with Gasteiger partial charge in [0.1, 0.15) is 30.6 Å². The number of hydrogen-bond acceptors (Lipinski definition) is 10. The first-order chi connectivity index (χ1) is 20.4. The van der Waals surface area contributed by atoms with Crippen LogP contribution in [0.15, 0.2) is 42.6 Å². The molecule has 3 aromatic rings. The first-order valence-corrected chi connectivity index (χ1v) is 14.7. The summed E-state index contributed by atoms with van der Waals surface area (Å²) in [5.74, 6) is -3.90. The Kier molecular flexibility index (Phi) is 10.1. The first kappa shape index (κ1) is 32.0. The van der Waals surface area contributed by atoms with Gasteiger partial charge in [-0.2, -0.15) is 8.42 Å². The van der Waals surface area contributed by atoms with Gasteiger partial charge in [-0.3, -0.25) is 19.0 Å². The van der Waals surface area contributed by atoms with Crippen LogP contribution in [0.3, 0.4) is 0 Å².